The van der Waals surface area contributed by atoms with Gasteiger partial charge < -0.3 is 4.90 Å². The van der Waals surface area contributed by atoms with Crippen molar-refractivity contribution in [3.8, 4) is 0 Å². The van der Waals surface area contributed by atoms with Crippen LogP contribution in [0.3, 0.4) is 0 Å². The smallest absolute Gasteiger partial charge is 0.258 e. The lowest BCUT2D eigenvalue weighted by Crippen LogP contribution is -2.41. The molecule has 0 radical (unpaired) electrons. The van der Waals surface area contributed by atoms with Crippen LogP contribution < -0.4 is 4.90 Å². The molecule has 1 aliphatic heterocycles. The number of anilines is 1. The first kappa shape index (κ1) is 15.8. The third-order valence-corrected chi connectivity index (χ3v) is 5.18. The van der Waals surface area contributed by atoms with E-state index in [2.05, 4.69) is 0 Å². The summed E-state index contributed by atoms with van der Waals surface area (Å²) in [6.45, 7) is 0. The van der Waals surface area contributed by atoms with E-state index < -0.39 is 15.9 Å². The number of nitrogens with zero attached hydrogens (tertiary/aromatic N) is 1. The Morgan fingerprint density at radius 3 is 2.43 bits per heavy atom. The van der Waals surface area contributed by atoms with Crippen molar-refractivity contribution in [3.63, 3.8) is 0 Å². The number of carbonyl (C=O) groups excluding carboxylic acids is 1. The van der Waals surface area contributed by atoms with Gasteiger partial charge in [0, 0.05) is 21.7 Å². The summed E-state index contributed by atoms with van der Waals surface area (Å²) in [6, 6.07) is 15.0. The average molecular weight is 348 g/mol. The molecule has 0 aliphatic carbocycles. The Morgan fingerprint density at radius 2 is 1.83 bits per heavy atom. The van der Waals surface area contributed by atoms with Crippen LogP contribution in [-0.2, 0) is 9.84 Å². The Balaban J connectivity index is 2.04. The van der Waals surface area contributed by atoms with Crippen molar-refractivity contribution >= 4 is 33.0 Å². The summed E-state index contributed by atoms with van der Waals surface area (Å²) < 4.78 is 23.5. The van der Waals surface area contributed by atoms with Gasteiger partial charge in [-0.2, -0.15) is 0 Å². The first-order valence-corrected chi connectivity index (χ1v) is 9.11. The Kier molecular flexibility index (Phi) is 4.24. The van der Waals surface area contributed by atoms with Crippen LogP contribution in [0.2, 0.25) is 5.02 Å². The molecule has 118 valence electrons. The van der Waals surface area contributed by atoms with Crippen molar-refractivity contribution in [1.29, 1.82) is 0 Å². The molecule has 0 saturated carbocycles. The highest BCUT2D eigenvalue weighted by Crippen LogP contribution is 2.27. The summed E-state index contributed by atoms with van der Waals surface area (Å²) in [5.74, 6) is -0.391. The second kappa shape index (κ2) is 6.18. The van der Waals surface area contributed by atoms with Crippen LogP contribution in [0, 0.1) is 0 Å². The Labute approximate surface area is 139 Å². The zero-order valence-electron chi connectivity index (χ0n) is 12.1. The summed E-state index contributed by atoms with van der Waals surface area (Å²) in [5.41, 5.74) is 1.06. The van der Waals surface area contributed by atoms with Crippen molar-refractivity contribution < 1.29 is 13.2 Å². The van der Waals surface area contributed by atoms with Gasteiger partial charge in [-0.15, -0.1) is 0 Å². The van der Waals surface area contributed by atoms with Crippen LogP contribution >= 0.6 is 11.6 Å². The van der Waals surface area contributed by atoms with E-state index in [0.717, 1.165) is 5.41 Å². The summed E-state index contributed by atoms with van der Waals surface area (Å²) >= 11 is 6.03. The highest BCUT2D eigenvalue weighted by molar-refractivity contribution is 7.94. The Bertz CT molecular complexity index is 862. The number of carbonyl (C=O) groups is 1. The van der Waals surface area contributed by atoms with E-state index in [0.29, 0.717) is 16.3 Å². The van der Waals surface area contributed by atoms with Crippen molar-refractivity contribution in [2.45, 2.75) is 6.04 Å². The molecule has 1 heterocycles. The monoisotopic (exact) mass is 347 g/mol. The number of hydrogen-bond acceptors (Lipinski definition) is 3. The van der Waals surface area contributed by atoms with Crippen LogP contribution in [0.25, 0.3) is 0 Å². The maximum atomic E-state index is 12.9. The first-order valence-electron chi connectivity index (χ1n) is 7.01. The molecule has 1 atom stereocenters. The fourth-order valence-electron chi connectivity index (χ4n) is 2.53. The van der Waals surface area contributed by atoms with Gasteiger partial charge in [-0.3, -0.25) is 4.79 Å². The molecule has 0 unspecified atom stereocenters. The third kappa shape index (κ3) is 3.46. The molecule has 0 fully saturated rings. The number of amides is 1. The van der Waals surface area contributed by atoms with Gasteiger partial charge in [-0.05, 0) is 36.4 Å². The molecule has 3 rings (SSSR count). The van der Waals surface area contributed by atoms with Gasteiger partial charge in [-0.25, -0.2) is 8.42 Å². The summed E-state index contributed by atoms with van der Waals surface area (Å²) in [6.07, 6.45) is 1.54. The second-order valence-corrected chi connectivity index (χ2v) is 7.61. The van der Waals surface area contributed by atoms with E-state index in [1.54, 1.807) is 48.5 Å². The van der Waals surface area contributed by atoms with Gasteiger partial charge in [0.25, 0.3) is 5.91 Å². The lowest BCUT2D eigenvalue weighted by Gasteiger charge is -2.28. The fourth-order valence-corrected chi connectivity index (χ4v) is 3.98. The van der Waals surface area contributed by atoms with Gasteiger partial charge >= 0.3 is 0 Å². The number of halogens is 1. The minimum Gasteiger partial charge on any atom is -0.300 e. The van der Waals surface area contributed by atoms with Crippen LogP contribution in [0.4, 0.5) is 5.69 Å². The average Bonchev–Trinajstić information content (AvgIpc) is 2.88. The molecular formula is C17H14ClNO3S. The lowest BCUT2D eigenvalue weighted by molar-refractivity contribution is 0.0983. The Hall–Kier alpha value is -2.11. The molecule has 0 N–H and O–H groups in total. The highest BCUT2D eigenvalue weighted by Gasteiger charge is 2.32. The molecule has 0 bridgehead atoms. The van der Waals surface area contributed by atoms with Crippen LogP contribution in [0.5, 0.6) is 0 Å². The van der Waals surface area contributed by atoms with E-state index in [-0.39, 0.29) is 11.7 Å². The second-order valence-electron chi connectivity index (χ2n) is 5.25. The van der Waals surface area contributed by atoms with E-state index in [4.69, 9.17) is 11.6 Å². The van der Waals surface area contributed by atoms with Crippen molar-refractivity contribution in [3.05, 3.63) is 76.7 Å². The Morgan fingerprint density at radius 1 is 1.09 bits per heavy atom. The molecule has 0 aromatic heterocycles. The predicted molar refractivity (Wildman–Crippen MR) is 91.4 cm³/mol. The molecule has 1 amide bonds. The predicted octanol–water partition coefficient (Wildman–Crippen LogP) is 3.30. The molecule has 2 aromatic carbocycles. The standard InChI is InChI=1S/C17H14ClNO3S/c18-14-7-4-8-15(11-14)19(16-9-10-23(21,22)12-16)17(20)13-5-2-1-3-6-13/h1-11,16H,12H2/t16-/m1/s1. The highest BCUT2D eigenvalue weighted by atomic mass is 35.5. The van der Waals surface area contributed by atoms with E-state index in [1.807, 2.05) is 6.07 Å². The van der Waals surface area contributed by atoms with Crippen molar-refractivity contribution in [2.24, 2.45) is 0 Å². The zero-order valence-corrected chi connectivity index (χ0v) is 13.7. The quantitative estimate of drug-likeness (QED) is 0.856. The largest absolute Gasteiger partial charge is 0.300 e. The van der Waals surface area contributed by atoms with Gasteiger partial charge in [0.15, 0.2) is 9.84 Å². The lowest BCUT2D eigenvalue weighted by atomic mass is 10.1. The minimum atomic E-state index is -3.28. The molecule has 4 nitrogen and oxygen atoms in total. The fraction of sp³-hybridized carbons (Fsp3) is 0.118. The van der Waals surface area contributed by atoms with Crippen LogP contribution in [0.15, 0.2) is 66.1 Å². The van der Waals surface area contributed by atoms with Gasteiger partial charge in [0.05, 0.1) is 11.8 Å². The SMILES string of the molecule is O=C(c1ccccc1)N(c1cccc(Cl)c1)[C@@H]1C=CS(=O)(=O)C1. The maximum Gasteiger partial charge on any atom is 0.258 e. The topological polar surface area (TPSA) is 54.5 Å². The normalized spacial score (nSPS) is 18.7. The first-order chi connectivity index (χ1) is 11.0. The molecule has 2 aromatic rings. The van der Waals surface area contributed by atoms with Gasteiger partial charge in [0.1, 0.15) is 0 Å². The minimum absolute atomic E-state index is 0.127. The van der Waals surface area contributed by atoms with E-state index in [1.165, 1.54) is 11.0 Å². The number of benzene rings is 2. The zero-order chi connectivity index (χ0) is 16.4. The van der Waals surface area contributed by atoms with Gasteiger partial charge in [0.2, 0.25) is 0 Å². The summed E-state index contributed by atoms with van der Waals surface area (Å²) in [7, 11) is -3.28. The number of hydrogen-bond donors (Lipinski definition) is 0. The third-order valence-electron chi connectivity index (χ3n) is 3.57. The molecule has 6 heteroatoms. The summed E-state index contributed by atoms with van der Waals surface area (Å²) in [5, 5.41) is 1.64. The van der Waals surface area contributed by atoms with Crippen molar-refractivity contribution in [2.75, 3.05) is 10.7 Å². The maximum absolute atomic E-state index is 12.9. The molecular weight excluding hydrogens is 334 g/mol. The molecule has 0 saturated heterocycles. The molecule has 0 spiro atoms. The van der Waals surface area contributed by atoms with Crippen molar-refractivity contribution in [1.82, 2.24) is 0 Å². The number of rotatable bonds is 3. The molecule has 1 aliphatic rings. The van der Waals surface area contributed by atoms with Crippen LogP contribution in [-0.4, -0.2) is 26.1 Å². The van der Waals surface area contributed by atoms with E-state index >= 15 is 0 Å². The van der Waals surface area contributed by atoms with Crippen LogP contribution in [0.1, 0.15) is 10.4 Å². The van der Waals surface area contributed by atoms with E-state index in [9.17, 15) is 13.2 Å². The number of sulfone groups is 1. The molecule has 23 heavy (non-hydrogen) atoms. The van der Waals surface area contributed by atoms with Gasteiger partial charge in [-0.1, -0.05) is 35.9 Å². The summed E-state index contributed by atoms with van der Waals surface area (Å²) in [4.78, 5) is 14.4.